The van der Waals surface area contributed by atoms with Crippen molar-refractivity contribution in [3.63, 3.8) is 0 Å². The van der Waals surface area contributed by atoms with E-state index >= 15 is 0 Å². The lowest BCUT2D eigenvalue weighted by Crippen LogP contribution is -2.47. The van der Waals surface area contributed by atoms with Crippen molar-refractivity contribution in [2.45, 2.75) is 37.5 Å². The first-order valence-electron chi connectivity index (χ1n) is 8.63. The van der Waals surface area contributed by atoms with E-state index in [9.17, 15) is 14.0 Å². The van der Waals surface area contributed by atoms with Crippen LogP contribution in [0.2, 0.25) is 0 Å². The molecule has 1 heterocycles. The second-order valence-electron chi connectivity index (χ2n) is 6.74. The summed E-state index contributed by atoms with van der Waals surface area (Å²) in [5, 5.41) is 0. The maximum atomic E-state index is 14.4. The van der Waals surface area contributed by atoms with Crippen molar-refractivity contribution in [2.75, 3.05) is 26.2 Å². The molecule has 2 N–H and O–H groups in total. The van der Waals surface area contributed by atoms with Crippen LogP contribution in [0.4, 0.5) is 9.18 Å². The van der Waals surface area contributed by atoms with Gasteiger partial charge in [0.05, 0.1) is 5.41 Å². The fourth-order valence-corrected chi connectivity index (χ4v) is 4.07. The summed E-state index contributed by atoms with van der Waals surface area (Å²) in [4.78, 5) is 28.1. The summed E-state index contributed by atoms with van der Waals surface area (Å²) in [5.74, 6) is -0.308. The predicted octanol–water partition coefficient (Wildman–Crippen LogP) is 2.25. The quantitative estimate of drug-likeness (QED) is 0.902. The Labute approximate surface area is 141 Å². The molecule has 2 fully saturated rings. The van der Waals surface area contributed by atoms with Gasteiger partial charge >= 0.3 is 6.03 Å². The Bertz CT molecular complexity index is 628. The minimum Gasteiger partial charge on any atom is -0.351 e. The lowest BCUT2D eigenvalue weighted by Gasteiger charge is -2.34. The molecule has 5 nitrogen and oxygen atoms in total. The second-order valence-corrected chi connectivity index (χ2v) is 6.74. The van der Waals surface area contributed by atoms with Gasteiger partial charge in [0.15, 0.2) is 0 Å². The predicted molar refractivity (Wildman–Crippen MR) is 88.9 cm³/mol. The van der Waals surface area contributed by atoms with Crippen LogP contribution < -0.4 is 5.73 Å². The minimum absolute atomic E-state index is 0.00331. The maximum Gasteiger partial charge on any atom is 0.314 e. The summed E-state index contributed by atoms with van der Waals surface area (Å²) >= 11 is 0. The van der Waals surface area contributed by atoms with Gasteiger partial charge < -0.3 is 15.5 Å². The van der Waals surface area contributed by atoms with Gasteiger partial charge in [-0.05, 0) is 25.3 Å². The van der Waals surface area contributed by atoms with Crippen LogP contribution in [0.1, 0.15) is 37.7 Å². The molecule has 1 aliphatic carbocycles. The third-order valence-corrected chi connectivity index (χ3v) is 5.35. The van der Waals surface area contributed by atoms with Crippen molar-refractivity contribution in [1.29, 1.82) is 0 Å². The van der Waals surface area contributed by atoms with Crippen molar-refractivity contribution in [3.8, 4) is 0 Å². The summed E-state index contributed by atoms with van der Waals surface area (Å²) < 4.78 is 14.4. The first-order valence-corrected chi connectivity index (χ1v) is 8.63. The number of urea groups is 1. The molecule has 1 aliphatic heterocycles. The molecular weight excluding hydrogens is 309 g/mol. The standard InChI is InChI=1S/C18H24FN3O2/c19-15-7-2-1-6-14(15)18(8-3-4-9-18)16(23)21-10-5-11-22(13-12-21)17(20)24/h1-2,6-7H,3-5,8-13H2,(H2,20,24). The van der Waals surface area contributed by atoms with Gasteiger partial charge in [-0.2, -0.15) is 0 Å². The van der Waals surface area contributed by atoms with E-state index in [1.807, 2.05) is 0 Å². The number of nitrogens with two attached hydrogens (primary N) is 1. The summed E-state index contributed by atoms with van der Waals surface area (Å²) in [6.45, 7) is 2.04. The van der Waals surface area contributed by atoms with Crippen molar-refractivity contribution < 1.29 is 14.0 Å². The Morgan fingerprint density at radius 1 is 0.958 bits per heavy atom. The van der Waals surface area contributed by atoms with Gasteiger partial charge in [0.1, 0.15) is 5.82 Å². The maximum absolute atomic E-state index is 14.4. The van der Waals surface area contributed by atoms with Crippen LogP contribution in [0.15, 0.2) is 24.3 Å². The highest BCUT2D eigenvalue weighted by Gasteiger charge is 2.46. The third kappa shape index (κ3) is 2.97. The second kappa shape index (κ2) is 6.79. The molecule has 0 atom stereocenters. The fourth-order valence-electron chi connectivity index (χ4n) is 4.07. The number of benzene rings is 1. The molecule has 1 aromatic rings. The van der Waals surface area contributed by atoms with Gasteiger partial charge in [0.2, 0.25) is 5.91 Å². The molecule has 0 spiro atoms. The minimum atomic E-state index is -0.757. The summed E-state index contributed by atoms with van der Waals surface area (Å²) in [5.41, 5.74) is 5.11. The van der Waals surface area contributed by atoms with E-state index in [4.69, 9.17) is 5.73 Å². The van der Waals surface area contributed by atoms with Gasteiger partial charge in [-0.15, -0.1) is 0 Å². The summed E-state index contributed by atoms with van der Waals surface area (Å²) in [6, 6.07) is 6.17. The molecule has 0 radical (unpaired) electrons. The highest BCUT2D eigenvalue weighted by molar-refractivity contribution is 5.89. The zero-order valence-corrected chi connectivity index (χ0v) is 13.8. The highest BCUT2D eigenvalue weighted by atomic mass is 19.1. The van der Waals surface area contributed by atoms with E-state index < -0.39 is 11.4 Å². The van der Waals surface area contributed by atoms with E-state index in [-0.39, 0.29) is 11.7 Å². The number of hydrogen-bond donors (Lipinski definition) is 1. The van der Waals surface area contributed by atoms with E-state index in [0.29, 0.717) is 51.0 Å². The largest absolute Gasteiger partial charge is 0.351 e. The molecule has 1 saturated carbocycles. The Morgan fingerprint density at radius 3 is 2.25 bits per heavy atom. The van der Waals surface area contributed by atoms with Gasteiger partial charge in [0.25, 0.3) is 0 Å². The molecule has 0 unspecified atom stereocenters. The molecule has 0 bridgehead atoms. The van der Waals surface area contributed by atoms with Crippen molar-refractivity contribution in [1.82, 2.24) is 9.80 Å². The summed E-state index contributed by atoms with van der Waals surface area (Å²) in [6.07, 6.45) is 3.93. The molecule has 0 aromatic heterocycles. The first-order chi connectivity index (χ1) is 11.5. The number of amides is 3. The number of primary amides is 1. The average molecular weight is 333 g/mol. The van der Waals surface area contributed by atoms with Crippen LogP contribution in [0.3, 0.4) is 0 Å². The molecule has 130 valence electrons. The van der Waals surface area contributed by atoms with Gasteiger partial charge in [-0.1, -0.05) is 31.0 Å². The van der Waals surface area contributed by atoms with E-state index in [0.717, 1.165) is 12.8 Å². The van der Waals surface area contributed by atoms with Gasteiger partial charge in [-0.25, -0.2) is 9.18 Å². The number of nitrogens with zero attached hydrogens (tertiary/aromatic N) is 2. The topological polar surface area (TPSA) is 66.6 Å². The molecule has 6 heteroatoms. The molecule has 3 amide bonds. The zero-order chi connectivity index (χ0) is 17.2. The number of hydrogen-bond acceptors (Lipinski definition) is 2. The Kier molecular flexibility index (Phi) is 4.73. The van der Waals surface area contributed by atoms with Crippen LogP contribution in [0.25, 0.3) is 0 Å². The lowest BCUT2D eigenvalue weighted by atomic mass is 9.77. The Hall–Kier alpha value is -2.11. The van der Waals surface area contributed by atoms with Gasteiger partial charge in [-0.3, -0.25) is 4.79 Å². The number of carbonyl (C=O) groups excluding carboxylic acids is 2. The van der Waals surface area contributed by atoms with E-state index in [2.05, 4.69) is 0 Å². The highest BCUT2D eigenvalue weighted by Crippen LogP contribution is 2.43. The Morgan fingerprint density at radius 2 is 1.58 bits per heavy atom. The molecule has 24 heavy (non-hydrogen) atoms. The number of rotatable bonds is 2. The van der Waals surface area contributed by atoms with Crippen LogP contribution in [0, 0.1) is 5.82 Å². The SMILES string of the molecule is NC(=O)N1CCCN(C(=O)C2(c3ccccc3F)CCCC2)CC1. The van der Waals surface area contributed by atoms with Gasteiger partial charge in [0, 0.05) is 31.7 Å². The molecule has 1 saturated heterocycles. The number of halogens is 1. The first kappa shape index (κ1) is 16.7. The zero-order valence-electron chi connectivity index (χ0n) is 13.8. The normalized spacial score (nSPS) is 20.7. The van der Waals surface area contributed by atoms with Crippen LogP contribution >= 0.6 is 0 Å². The molecule has 3 rings (SSSR count). The number of carbonyl (C=O) groups is 2. The van der Waals surface area contributed by atoms with Crippen LogP contribution in [0.5, 0.6) is 0 Å². The van der Waals surface area contributed by atoms with Crippen molar-refractivity contribution >= 4 is 11.9 Å². The molecule has 2 aliphatic rings. The van der Waals surface area contributed by atoms with Crippen molar-refractivity contribution in [2.24, 2.45) is 5.73 Å². The smallest absolute Gasteiger partial charge is 0.314 e. The summed E-state index contributed by atoms with van der Waals surface area (Å²) in [7, 11) is 0. The Balaban J connectivity index is 1.86. The van der Waals surface area contributed by atoms with E-state index in [1.165, 1.54) is 6.07 Å². The van der Waals surface area contributed by atoms with Crippen LogP contribution in [-0.4, -0.2) is 47.9 Å². The molecule has 1 aromatic carbocycles. The van der Waals surface area contributed by atoms with Crippen molar-refractivity contribution in [3.05, 3.63) is 35.6 Å². The lowest BCUT2D eigenvalue weighted by molar-refractivity contribution is -0.137. The monoisotopic (exact) mass is 333 g/mol. The third-order valence-electron chi connectivity index (χ3n) is 5.35. The fraction of sp³-hybridized carbons (Fsp3) is 0.556. The van der Waals surface area contributed by atoms with Crippen LogP contribution in [-0.2, 0) is 10.2 Å². The average Bonchev–Trinajstić information content (AvgIpc) is 2.93. The molecular formula is C18H24FN3O2. The van der Waals surface area contributed by atoms with E-state index in [1.54, 1.807) is 28.0 Å².